The average molecular weight is 646 g/mol. The molecular formula is C28H31IN4O6. The molecule has 0 radical (unpaired) electrons. The number of carbonyl (C=O) groups excluding carboxylic acids is 1. The van der Waals surface area contributed by atoms with Crippen LogP contribution in [0.1, 0.15) is 35.6 Å². The first-order valence-electron chi connectivity index (χ1n) is 13.2. The van der Waals surface area contributed by atoms with Crippen LogP contribution in [0.25, 0.3) is 10.9 Å². The molecule has 3 aromatic rings. The highest BCUT2D eigenvalue weighted by molar-refractivity contribution is 14.1. The number of pyridine rings is 2. The van der Waals surface area contributed by atoms with Gasteiger partial charge in [-0.25, -0.2) is 9.78 Å². The second kappa shape index (κ2) is 10.3. The van der Waals surface area contributed by atoms with E-state index in [1.165, 1.54) is 0 Å². The summed E-state index contributed by atoms with van der Waals surface area (Å²) in [4.78, 5) is 35.6. The van der Waals surface area contributed by atoms with Gasteiger partial charge in [0.05, 0.1) is 17.6 Å². The SMILES string of the molecule is CCC1(O)C(=O)OCc2c1ccn(Cc1c(I)nc3cc4c(cc3c1CN1CCN(C)CC1)OCCO4)c2=O. The van der Waals surface area contributed by atoms with Gasteiger partial charge in [0.1, 0.15) is 23.5 Å². The Morgan fingerprint density at radius 2 is 1.74 bits per heavy atom. The molecule has 0 spiro atoms. The van der Waals surface area contributed by atoms with E-state index in [9.17, 15) is 14.7 Å². The van der Waals surface area contributed by atoms with E-state index in [2.05, 4.69) is 39.4 Å². The summed E-state index contributed by atoms with van der Waals surface area (Å²) in [5.41, 5.74) is 1.44. The van der Waals surface area contributed by atoms with Gasteiger partial charge in [-0.1, -0.05) is 6.92 Å². The van der Waals surface area contributed by atoms with E-state index < -0.39 is 11.6 Å². The van der Waals surface area contributed by atoms with Crippen LogP contribution in [0.5, 0.6) is 11.5 Å². The fraction of sp³-hybridized carbons (Fsp3) is 0.464. The number of halogens is 1. The Kier molecular flexibility index (Phi) is 7.02. The summed E-state index contributed by atoms with van der Waals surface area (Å²) in [6.07, 6.45) is 1.78. The first kappa shape index (κ1) is 26.5. The van der Waals surface area contributed by atoms with Crippen LogP contribution in [0.4, 0.5) is 0 Å². The lowest BCUT2D eigenvalue weighted by Crippen LogP contribution is -2.44. The number of cyclic esters (lactones) is 1. The number of aliphatic hydroxyl groups is 1. The number of likely N-dealkylation sites (N-methyl/N-ethyl adjacent to an activating group) is 1. The van der Waals surface area contributed by atoms with Crippen molar-refractivity contribution in [2.45, 2.75) is 38.6 Å². The van der Waals surface area contributed by atoms with Crippen molar-refractivity contribution in [3.05, 3.63) is 60.7 Å². The van der Waals surface area contributed by atoms with E-state index in [1.54, 1.807) is 23.8 Å². The second-order valence-electron chi connectivity index (χ2n) is 10.4. The number of rotatable bonds is 5. The smallest absolute Gasteiger partial charge is 0.343 e. The predicted octanol–water partition coefficient (Wildman–Crippen LogP) is 2.22. The third-order valence-corrected chi connectivity index (χ3v) is 8.92. The minimum atomic E-state index is -1.81. The number of esters is 1. The summed E-state index contributed by atoms with van der Waals surface area (Å²) >= 11 is 2.25. The van der Waals surface area contributed by atoms with Crippen molar-refractivity contribution in [3.8, 4) is 11.5 Å². The maximum atomic E-state index is 13.6. The summed E-state index contributed by atoms with van der Waals surface area (Å²) in [5.74, 6) is 0.681. The summed E-state index contributed by atoms with van der Waals surface area (Å²) < 4.78 is 19.4. The lowest BCUT2D eigenvalue weighted by Gasteiger charge is -2.33. The lowest BCUT2D eigenvalue weighted by atomic mass is 9.87. The zero-order chi connectivity index (χ0) is 27.3. The van der Waals surface area contributed by atoms with Gasteiger partial charge in [0.25, 0.3) is 5.56 Å². The van der Waals surface area contributed by atoms with Gasteiger partial charge < -0.3 is 28.8 Å². The molecule has 0 aliphatic carbocycles. The molecule has 11 heteroatoms. The van der Waals surface area contributed by atoms with Crippen molar-refractivity contribution in [1.82, 2.24) is 19.4 Å². The average Bonchev–Trinajstić information content (AvgIpc) is 2.94. The molecule has 1 aromatic carbocycles. The molecule has 1 atom stereocenters. The first-order chi connectivity index (χ1) is 18.8. The van der Waals surface area contributed by atoms with Gasteiger partial charge in [-0.2, -0.15) is 0 Å². The molecule has 1 saturated heterocycles. The Morgan fingerprint density at radius 3 is 2.46 bits per heavy atom. The van der Waals surface area contributed by atoms with Gasteiger partial charge in [-0.05, 0) is 53.8 Å². The van der Waals surface area contributed by atoms with Crippen molar-refractivity contribution in [2.24, 2.45) is 0 Å². The molecule has 6 rings (SSSR count). The molecule has 2 aromatic heterocycles. The number of ether oxygens (including phenoxy) is 3. The summed E-state index contributed by atoms with van der Waals surface area (Å²) in [7, 11) is 2.14. The zero-order valence-electron chi connectivity index (χ0n) is 22.0. The van der Waals surface area contributed by atoms with Crippen molar-refractivity contribution in [1.29, 1.82) is 0 Å². The first-order valence-corrected chi connectivity index (χ1v) is 14.3. The van der Waals surface area contributed by atoms with E-state index in [0.717, 1.165) is 51.9 Å². The molecule has 1 N–H and O–H groups in total. The second-order valence-corrected chi connectivity index (χ2v) is 11.4. The topological polar surface area (TPSA) is 106 Å². The van der Waals surface area contributed by atoms with Crippen molar-refractivity contribution >= 4 is 39.5 Å². The van der Waals surface area contributed by atoms with Gasteiger partial charge in [0, 0.05) is 61.5 Å². The fourth-order valence-corrected chi connectivity index (χ4v) is 6.34. The Balaban J connectivity index is 1.46. The van der Waals surface area contributed by atoms with Gasteiger partial charge in [0.2, 0.25) is 0 Å². The monoisotopic (exact) mass is 646 g/mol. The Morgan fingerprint density at radius 1 is 1.03 bits per heavy atom. The molecule has 5 heterocycles. The molecule has 0 bridgehead atoms. The van der Waals surface area contributed by atoms with Crippen LogP contribution in [-0.4, -0.2) is 76.9 Å². The van der Waals surface area contributed by atoms with Gasteiger partial charge >= 0.3 is 5.97 Å². The van der Waals surface area contributed by atoms with Crippen LogP contribution >= 0.6 is 22.6 Å². The van der Waals surface area contributed by atoms with Crippen molar-refractivity contribution in [3.63, 3.8) is 0 Å². The fourth-order valence-electron chi connectivity index (χ4n) is 5.59. The quantitative estimate of drug-likeness (QED) is 0.254. The Bertz CT molecular complexity index is 1520. The van der Waals surface area contributed by atoms with Crippen LogP contribution in [-0.2, 0) is 34.8 Å². The third kappa shape index (κ3) is 4.68. The van der Waals surface area contributed by atoms with Crippen LogP contribution in [0, 0.1) is 3.70 Å². The van der Waals surface area contributed by atoms with Crippen LogP contribution in [0.3, 0.4) is 0 Å². The van der Waals surface area contributed by atoms with Crippen LogP contribution < -0.4 is 15.0 Å². The van der Waals surface area contributed by atoms with E-state index in [1.807, 2.05) is 12.1 Å². The molecular weight excluding hydrogens is 615 g/mol. The minimum absolute atomic E-state index is 0.125. The van der Waals surface area contributed by atoms with E-state index in [-0.39, 0.29) is 18.6 Å². The molecule has 39 heavy (non-hydrogen) atoms. The number of aromatic nitrogens is 2. The Hall–Kier alpha value is -2.74. The number of carbonyl (C=O) groups is 1. The van der Waals surface area contributed by atoms with Crippen LogP contribution in [0.15, 0.2) is 29.2 Å². The molecule has 206 valence electrons. The largest absolute Gasteiger partial charge is 0.486 e. The normalized spacial score (nSPS) is 21.6. The lowest BCUT2D eigenvalue weighted by molar-refractivity contribution is -0.172. The number of hydrogen-bond acceptors (Lipinski definition) is 9. The molecule has 1 fully saturated rings. The van der Waals surface area contributed by atoms with Gasteiger partial charge in [-0.15, -0.1) is 0 Å². The molecule has 3 aliphatic heterocycles. The minimum Gasteiger partial charge on any atom is -0.486 e. The van der Waals surface area contributed by atoms with Gasteiger partial charge in [0.15, 0.2) is 17.1 Å². The maximum Gasteiger partial charge on any atom is 0.343 e. The third-order valence-electron chi connectivity index (χ3n) is 8.03. The highest BCUT2D eigenvalue weighted by atomic mass is 127. The number of nitrogens with zero attached hydrogens (tertiary/aromatic N) is 4. The molecule has 3 aliphatic rings. The summed E-state index contributed by atoms with van der Waals surface area (Å²) in [6.45, 7) is 7.43. The summed E-state index contributed by atoms with van der Waals surface area (Å²) in [6, 6.07) is 5.62. The predicted molar refractivity (Wildman–Crippen MR) is 152 cm³/mol. The standard InChI is InChI=1S/C28H31IN4O6/c1-3-28(36)21-4-5-33(26(34)20(21)16-39-27(28)35)15-19-18(14-32-8-6-31(2)7-9-32)17-12-23-24(38-11-10-37-23)13-22(17)30-25(19)29/h4-5,12-13,36H,3,6-11,14-16H2,1-2H3. The van der Waals surface area contributed by atoms with Crippen LogP contribution in [0.2, 0.25) is 0 Å². The Labute approximate surface area is 239 Å². The van der Waals surface area contributed by atoms with E-state index in [0.29, 0.717) is 48.9 Å². The number of benzene rings is 1. The van der Waals surface area contributed by atoms with Gasteiger partial charge in [-0.3, -0.25) is 9.69 Å². The number of hydrogen-bond donors (Lipinski definition) is 1. The number of piperazine rings is 1. The molecule has 0 saturated carbocycles. The van der Waals surface area contributed by atoms with E-state index >= 15 is 0 Å². The molecule has 0 amide bonds. The summed E-state index contributed by atoms with van der Waals surface area (Å²) in [5, 5.41) is 11.9. The maximum absolute atomic E-state index is 13.6. The number of fused-ring (bicyclic) bond motifs is 3. The van der Waals surface area contributed by atoms with E-state index in [4.69, 9.17) is 19.2 Å². The van der Waals surface area contributed by atoms with Crippen molar-refractivity contribution < 1.29 is 24.1 Å². The molecule has 10 nitrogen and oxygen atoms in total. The highest BCUT2D eigenvalue weighted by Crippen LogP contribution is 2.38. The highest BCUT2D eigenvalue weighted by Gasteiger charge is 2.44. The van der Waals surface area contributed by atoms with Crippen molar-refractivity contribution in [2.75, 3.05) is 46.4 Å². The zero-order valence-corrected chi connectivity index (χ0v) is 24.2. The molecule has 1 unspecified atom stereocenters.